The van der Waals surface area contributed by atoms with Gasteiger partial charge in [-0.1, -0.05) is 0 Å². The zero-order valence-electron chi connectivity index (χ0n) is 4.34. The van der Waals surface area contributed by atoms with Gasteiger partial charge in [0.25, 0.3) is 0 Å². The van der Waals surface area contributed by atoms with E-state index in [2.05, 4.69) is 0 Å². The van der Waals surface area contributed by atoms with Crippen LogP contribution in [0.1, 0.15) is 2.85 Å². The fourth-order valence-corrected chi connectivity index (χ4v) is 0. The largest absolute Gasteiger partial charge is 1.00 e. The van der Waals surface area contributed by atoms with Crippen molar-refractivity contribution in [1.29, 1.82) is 0 Å². The predicted octanol–water partition coefficient (Wildman–Crippen LogP) is -3.30. The molecule has 0 rings (SSSR count). The molecule has 0 unspecified atom stereocenters. The Labute approximate surface area is 49.2 Å². The fraction of sp³-hybridized carbons (Fsp3) is 0. The van der Waals surface area contributed by atoms with Crippen molar-refractivity contribution in [2.45, 2.75) is 0 Å². The molecule has 3 nitrogen and oxygen atoms in total. The molecule has 0 aliphatic carbocycles. The van der Waals surface area contributed by atoms with E-state index in [0.717, 1.165) is 0 Å². The molecule has 0 heterocycles. The van der Waals surface area contributed by atoms with E-state index >= 15 is 0 Å². The molecule has 0 radical (unpaired) electrons. The Morgan fingerprint density at radius 1 is 0.750 bits per heavy atom. The summed E-state index contributed by atoms with van der Waals surface area (Å²) in [4.78, 5) is 0. The number of hydrogen-bond acceptors (Lipinski definition) is 3. The molecular formula is H5NaO3. The average molecular weight is 76.0 g/mol. The van der Waals surface area contributed by atoms with Crippen molar-refractivity contribution < 1.29 is 48.8 Å². The first-order valence-electron chi connectivity index (χ1n) is 0. The van der Waals surface area contributed by atoms with Crippen LogP contribution in [0.2, 0.25) is 0 Å². The maximum atomic E-state index is 0. The quantitative estimate of drug-likeness (QED) is 0.283. The molecule has 0 aliphatic rings. The van der Waals surface area contributed by atoms with Gasteiger partial charge in [0.05, 0.1) is 0 Å². The minimum Gasteiger partial charge on any atom is -0.870 e. The molecular weight excluding hydrogens is 71.0 g/mol. The van der Waals surface area contributed by atoms with Gasteiger partial charge in [-0.15, -0.1) is 0 Å². The van der Waals surface area contributed by atoms with Gasteiger partial charge in [0, 0.05) is 0 Å². The minimum atomic E-state index is 0. The SMILES string of the molecule is [H+].[H+].[Na+].[OH-].[OH-].[OH-]. The predicted molar refractivity (Wildman–Crippen MR) is 8.03 cm³/mol. The standard InChI is InChI=1S/Na.3H2O/h;3*1H2/q+1;;;/p-1. The molecule has 0 saturated heterocycles. The molecule has 4 heavy (non-hydrogen) atoms. The molecule has 0 aliphatic heterocycles. The summed E-state index contributed by atoms with van der Waals surface area (Å²) >= 11 is 0. The van der Waals surface area contributed by atoms with Crippen molar-refractivity contribution in [3.63, 3.8) is 0 Å². The molecule has 3 N–H and O–H groups in total. The van der Waals surface area contributed by atoms with Crippen molar-refractivity contribution in [1.82, 2.24) is 0 Å². The smallest absolute Gasteiger partial charge is 0.870 e. The first-order chi connectivity index (χ1) is 0. The molecule has 0 spiro atoms. The summed E-state index contributed by atoms with van der Waals surface area (Å²) in [6, 6.07) is 0. The van der Waals surface area contributed by atoms with Crippen LogP contribution >= 0.6 is 0 Å². The van der Waals surface area contributed by atoms with Crippen molar-refractivity contribution in [3.05, 3.63) is 0 Å². The van der Waals surface area contributed by atoms with Crippen LogP contribution in [0.25, 0.3) is 0 Å². The Kier molecular flexibility index (Phi) is 986. The fourth-order valence-electron chi connectivity index (χ4n) is 0. The van der Waals surface area contributed by atoms with Gasteiger partial charge >= 0.3 is 32.4 Å². The summed E-state index contributed by atoms with van der Waals surface area (Å²) in [7, 11) is 0. The molecule has 0 atom stereocenters. The van der Waals surface area contributed by atoms with Crippen molar-refractivity contribution in [3.8, 4) is 0 Å². The average Bonchev–Trinajstić information content (AvgIpc) is 0. The summed E-state index contributed by atoms with van der Waals surface area (Å²) in [6.45, 7) is 0. The summed E-state index contributed by atoms with van der Waals surface area (Å²) in [6.07, 6.45) is 0. The van der Waals surface area contributed by atoms with Crippen LogP contribution in [0.4, 0.5) is 0 Å². The molecule has 0 aromatic heterocycles. The molecule has 0 aromatic rings. The molecule has 4 heteroatoms. The molecule has 0 aromatic carbocycles. The van der Waals surface area contributed by atoms with E-state index in [1.165, 1.54) is 0 Å². The Morgan fingerprint density at radius 3 is 0.750 bits per heavy atom. The maximum Gasteiger partial charge on any atom is 1.00 e. The Hall–Kier alpha value is 0.880. The van der Waals surface area contributed by atoms with Crippen LogP contribution in [0, 0.1) is 0 Å². The second kappa shape index (κ2) is 41.6. The van der Waals surface area contributed by atoms with Gasteiger partial charge in [0.15, 0.2) is 0 Å². The molecule has 0 amide bonds. The van der Waals surface area contributed by atoms with Gasteiger partial charge in [-0.3, -0.25) is 0 Å². The van der Waals surface area contributed by atoms with Crippen molar-refractivity contribution >= 4 is 0 Å². The van der Waals surface area contributed by atoms with Gasteiger partial charge in [-0.2, -0.15) is 0 Å². The van der Waals surface area contributed by atoms with Crippen LogP contribution in [-0.4, -0.2) is 16.4 Å². The summed E-state index contributed by atoms with van der Waals surface area (Å²) in [5.41, 5.74) is 0. The zero-order chi connectivity index (χ0) is 0. The Morgan fingerprint density at radius 2 is 0.750 bits per heavy atom. The normalized spacial score (nSPS) is 0. The topological polar surface area (TPSA) is 90.0 Å². The van der Waals surface area contributed by atoms with Gasteiger partial charge in [0.1, 0.15) is 0 Å². The first-order valence-corrected chi connectivity index (χ1v) is 0. The van der Waals surface area contributed by atoms with E-state index in [0.29, 0.717) is 0 Å². The number of rotatable bonds is 0. The maximum absolute atomic E-state index is 0. The third-order valence-electron chi connectivity index (χ3n) is 0. The van der Waals surface area contributed by atoms with E-state index in [-0.39, 0.29) is 48.8 Å². The third-order valence-corrected chi connectivity index (χ3v) is 0. The van der Waals surface area contributed by atoms with Crippen LogP contribution in [0.5, 0.6) is 0 Å². The Balaban J connectivity index is 0. The van der Waals surface area contributed by atoms with Crippen LogP contribution in [0.3, 0.4) is 0 Å². The first kappa shape index (κ1) is 94.9. The van der Waals surface area contributed by atoms with Gasteiger partial charge in [0.2, 0.25) is 0 Å². The van der Waals surface area contributed by atoms with Gasteiger partial charge in [-0.25, -0.2) is 0 Å². The summed E-state index contributed by atoms with van der Waals surface area (Å²) in [5, 5.41) is 0. The van der Waals surface area contributed by atoms with Crippen LogP contribution in [-0.2, 0) is 0 Å². The molecule has 0 fully saturated rings. The second-order valence-corrected chi connectivity index (χ2v) is 0. The summed E-state index contributed by atoms with van der Waals surface area (Å²) < 4.78 is 0. The van der Waals surface area contributed by atoms with Crippen molar-refractivity contribution in [2.75, 3.05) is 0 Å². The minimum absolute atomic E-state index is 0. The molecule has 24 valence electrons. The number of hydrogen-bond donors (Lipinski definition) is 0. The van der Waals surface area contributed by atoms with E-state index < -0.39 is 0 Å². The van der Waals surface area contributed by atoms with Crippen LogP contribution < -0.4 is 29.6 Å². The zero-order valence-corrected chi connectivity index (χ0v) is 4.34. The molecule has 0 saturated carbocycles. The summed E-state index contributed by atoms with van der Waals surface area (Å²) in [5.74, 6) is 0. The third kappa shape index (κ3) is 13.1. The van der Waals surface area contributed by atoms with Gasteiger partial charge < -0.3 is 16.4 Å². The van der Waals surface area contributed by atoms with Crippen LogP contribution in [0.15, 0.2) is 0 Å². The van der Waals surface area contributed by atoms with Gasteiger partial charge in [-0.05, 0) is 0 Å². The second-order valence-electron chi connectivity index (χ2n) is 0. The van der Waals surface area contributed by atoms with Crippen molar-refractivity contribution in [2.24, 2.45) is 0 Å². The van der Waals surface area contributed by atoms with E-state index in [4.69, 9.17) is 0 Å². The van der Waals surface area contributed by atoms with E-state index in [9.17, 15) is 0 Å². The van der Waals surface area contributed by atoms with E-state index in [1.54, 1.807) is 0 Å². The molecule has 0 bridgehead atoms. The monoisotopic (exact) mass is 76.0 g/mol. The Bertz CT molecular complexity index is 8.75. The van der Waals surface area contributed by atoms with E-state index in [1.807, 2.05) is 0 Å².